The number of halogens is 3. The summed E-state index contributed by atoms with van der Waals surface area (Å²) in [6.45, 7) is 0. The predicted molar refractivity (Wildman–Crippen MR) is 54.8 cm³/mol. The number of aromatic nitrogens is 1. The van der Waals surface area contributed by atoms with Crippen LogP contribution in [0.5, 0.6) is 0 Å². The van der Waals surface area contributed by atoms with Gasteiger partial charge in [0.1, 0.15) is 0 Å². The third kappa shape index (κ3) is 2.20. The highest BCUT2D eigenvalue weighted by Gasteiger charge is 2.42. The van der Waals surface area contributed by atoms with Gasteiger partial charge in [0.05, 0.1) is 5.56 Å². The number of carbonyl (C=O) groups is 2. The minimum absolute atomic E-state index is 0.105. The zero-order valence-electron chi connectivity index (χ0n) is 8.75. The largest absolute Gasteiger partial charge is 0.491 e. The van der Waals surface area contributed by atoms with E-state index < -0.39 is 18.1 Å². The first-order chi connectivity index (χ1) is 8.39. The summed E-state index contributed by atoms with van der Waals surface area (Å²) in [5, 5.41) is 0.387. The van der Waals surface area contributed by atoms with Gasteiger partial charge in [-0.15, -0.1) is 0 Å². The van der Waals surface area contributed by atoms with E-state index in [1.165, 1.54) is 24.4 Å². The molecule has 1 aromatic heterocycles. The number of aromatic amines is 1. The quantitative estimate of drug-likeness (QED) is 0.630. The molecule has 4 nitrogen and oxygen atoms in total. The molecule has 0 atom stereocenters. The van der Waals surface area contributed by atoms with Crippen LogP contribution in [-0.4, -0.2) is 23.1 Å². The van der Waals surface area contributed by atoms with Crippen LogP contribution in [0.3, 0.4) is 0 Å². The number of hydrogen-bond acceptors (Lipinski definition) is 3. The fraction of sp³-hybridized carbons (Fsp3) is 0.0909. The van der Waals surface area contributed by atoms with Crippen LogP contribution >= 0.6 is 0 Å². The average molecular weight is 257 g/mol. The molecule has 0 amide bonds. The molecule has 0 bridgehead atoms. The molecule has 0 spiro atoms. The Bertz CT molecular complexity index is 615. The Kier molecular flexibility index (Phi) is 2.82. The number of H-pyrrole nitrogens is 1. The van der Waals surface area contributed by atoms with Crippen molar-refractivity contribution < 1.29 is 27.5 Å². The Morgan fingerprint density at radius 1 is 1.17 bits per heavy atom. The van der Waals surface area contributed by atoms with Gasteiger partial charge < -0.3 is 9.72 Å². The van der Waals surface area contributed by atoms with Crippen LogP contribution in [0.2, 0.25) is 0 Å². The third-order valence-electron chi connectivity index (χ3n) is 2.23. The van der Waals surface area contributed by atoms with Gasteiger partial charge >= 0.3 is 18.1 Å². The van der Waals surface area contributed by atoms with Crippen molar-refractivity contribution in [1.82, 2.24) is 4.98 Å². The van der Waals surface area contributed by atoms with Crippen molar-refractivity contribution in [3.63, 3.8) is 0 Å². The molecule has 1 heterocycles. The molecule has 0 radical (unpaired) electrons. The normalized spacial score (nSPS) is 11.5. The lowest BCUT2D eigenvalue weighted by Crippen LogP contribution is -2.28. The SMILES string of the molecule is O=C(OC(=O)C(F)(F)F)c1cccc2[nH]ccc12. The Labute approximate surface area is 98.4 Å². The second-order valence-corrected chi connectivity index (χ2v) is 3.42. The zero-order chi connectivity index (χ0) is 13.3. The first kappa shape index (κ1) is 12.2. The molecule has 1 N–H and O–H groups in total. The van der Waals surface area contributed by atoms with Crippen molar-refractivity contribution in [3.8, 4) is 0 Å². The van der Waals surface area contributed by atoms with E-state index in [0.29, 0.717) is 10.9 Å². The first-order valence-electron chi connectivity index (χ1n) is 4.79. The summed E-state index contributed by atoms with van der Waals surface area (Å²) < 4.78 is 39.6. The number of esters is 2. The average Bonchev–Trinajstić information content (AvgIpc) is 2.74. The number of hydrogen-bond donors (Lipinski definition) is 1. The molecule has 0 saturated carbocycles. The molecule has 94 valence electrons. The van der Waals surface area contributed by atoms with Gasteiger partial charge in [0.2, 0.25) is 0 Å². The van der Waals surface area contributed by atoms with Crippen LogP contribution in [0.1, 0.15) is 10.4 Å². The number of fused-ring (bicyclic) bond motifs is 1. The molecule has 7 heteroatoms. The van der Waals surface area contributed by atoms with Gasteiger partial charge in [-0.3, -0.25) is 0 Å². The van der Waals surface area contributed by atoms with Crippen LogP contribution in [0.25, 0.3) is 10.9 Å². The molecule has 0 aliphatic rings. The Balaban J connectivity index is 2.30. The topological polar surface area (TPSA) is 59.2 Å². The van der Waals surface area contributed by atoms with E-state index in [4.69, 9.17) is 0 Å². The Hall–Kier alpha value is -2.31. The van der Waals surface area contributed by atoms with Crippen LogP contribution in [-0.2, 0) is 9.53 Å². The summed E-state index contributed by atoms with van der Waals surface area (Å²) in [7, 11) is 0. The molecular weight excluding hydrogens is 251 g/mol. The second kappa shape index (κ2) is 4.17. The summed E-state index contributed by atoms with van der Waals surface area (Å²) >= 11 is 0. The molecule has 0 aliphatic carbocycles. The monoisotopic (exact) mass is 257 g/mol. The molecule has 0 unspecified atom stereocenters. The summed E-state index contributed by atoms with van der Waals surface area (Å²) in [4.78, 5) is 24.8. The van der Waals surface area contributed by atoms with E-state index in [-0.39, 0.29) is 5.56 Å². The predicted octanol–water partition coefficient (Wildman–Crippen LogP) is 2.41. The number of benzene rings is 1. The van der Waals surface area contributed by atoms with Crippen LogP contribution in [0.4, 0.5) is 13.2 Å². The van der Waals surface area contributed by atoms with Crippen LogP contribution in [0, 0.1) is 0 Å². The summed E-state index contributed by atoms with van der Waals surface area (Å²) in [6, 6.07) is 5.89. The standard InChI is InChI=1S/C11H6F3NO3/c12-11(13,14)10(17)18-9(16)7-2-1-3-8-6(7)4-5-15-8/h1-5,15H. The summed E-state index contributed by atoms with van der Waals surface area (Å²) in [5.74, 6) is -3.86. The summed E-state index contributed by atoms with van der Waals surface area (Å²) in [5.41, 5.74) is 0.454. The van der Waals surface area contributed by atoms with E-state index in [2.05, 4.69) is 9.72 Å². The van der Waals surface area contributed by atoms with Gasteiger partial charge in [-0.1, -0.05) is 6.07 Å². The molecule has 0 aliphatic heterocycles. The summed E-state index contributed by atoms with van der Waals surface area (Å²) in [6.07, 6.45) is -3.67. The highest BCUT2D eigenvalue weighted by molar-refractivity contribution is 6.07. The maximum absolute atomic E-state index is 11.9. The first-order valence-corrected chi connectivity index (χ1v) is 4.79. The number of rotatable bonds is 1. The lowest BCUT2D eigenvalue weighted by Gasteiger charge is -2.06. The third-order valence-corrected chi connectivity index (χ3v) is 2.23. The fourth-order valence-corrected chi connectivity index (χ4v) is 1.46. The van der Waals surface area contributed by atoms with Crippen molar-refractivity contribution >= 4 is 22.8 Å². The smallest absolute Gasteiger partial charge is 0.383 e. The van der Waals surface area contributed by atoms with Crippen molar-refractivity contribution in [2.24, 2.45) is 0 Å². The highest BCUT2D eigenvalue weighted by atomic mass is 19.4. The van der Waals surface area contributed by atoms with E-state index >= 15 is 0 Å². The molecule has 1 aromatic carbocycles. The number of alkyl halides is 3. The van der Waals surface area contributed by atoms with Crippen LogP contribution < -0.4 is 0 Å². The minimum Gasteiger partial charge on any atom is -0.383 e. The van der Waals surface area contributed by atoms with Crippen molar-refractivity contribution in [2.75, 3.05) is 0 Å². The highest BCUT2D eigenvalue weighted by Crippen LogP contribution is 2.21. The number of nitrogens with one attached hydrogen (secondary N) is 1. The second-order valence-electron chi connectivity index (χ2n) is 3.42. The molecule has 2 aromatic rings. The fourth-order valence-electron chi connectivity index (χ4n) is 1.46. The number of carbonyl (C=O) groups excluding carboxylic acids is 2. The van der Waals surface area contributed by atoms with Crippen molar-refractivity contribution in [1.29, 1.82) is 0 Å². The van der Waals surface area contributed by atoms with Crippen LogP contribution in [0.15, 0.2) is 30.5 Å². The van der Waals surface area contributed by atoms with Gasteiger partial charge in [-0.05, 0) is 18.2 Å². The molecule has 18 heavy (non-hydrogen) atoms. The van der Waals surface area contributed by atoms with E-state index in [1.54, 1.807) is 6.07 Å². The molecule has 2 rings (SSSR count). The van der Waals surface area contributed by atoms with Gasteiger partial charge in [0, 0.05) is 17.1 Å². The van der Waals surface area contributed by atoms with Crippen molar-refractivity contribution in [2.45, 2.75) is 6.18 Å². The van der Waals surface area contributed by atoms with Crippen molar-refractivity contribution in [3.05, 3.63) is 36.0 Å². The Morgan fingerprint density at radius 2 is 1.89 bits per heavy atom. The van der Waals surface area contributed by atoms with E-state index in [1.807, 2.05) is 0 Å². The molecular formula is C11H6F3NO3. The maximum Gasteiger partial charge on any atom is 0.491 e. The van der Waals surface area contributed by atoms with Gasteiger partial charge in [-0.25, -0.2) is 9.59 Å². The lowest BCUT2D eigenvalue weighted by molar-refractivity contribution is -0.193. The lowest BCUT2D eigenvalue weighted by atomic mass is 10.1. The van der Waals surface area contributed by atoms with E-state index in [0.717, 1.165) is 0 Å². The van der Waals surface area contributed by atoms with Gasteiger partial charge in [-0.2, -0.15) is 13.2 Å². The minimum atomic E-state index is -5.19. The Morgan fingerprint density at radius 3 is 2.56 bits per heavy atom. The maximum atomic E-state index is 11.9. The zero-order valence-corrected chi connectivity index (χ0v) is 8.75. The number of ether oxygens (including phenoxy) is 1. The molecule has 0 saturated heterocycles. The molecule has 0 fully saturated rings. The van der Waals surface area contributed by atoms with Gasteiger partial charge in [0.25, 0.3) is 0 Å². The van der Waals surface area contributed by atoms with Gasteiger partial charge in [0.15, 0.2) is 0 Å². The van der Waals surface area contributed by atoms with E-state index in [9.17, 15) is 22.8 Å².